The van der Waals surface area contributed by atoms with Crippen molar-refractivity contribution in [2.24, 2.45) is 23.7 Å². The standard InChI is InChI=1S/C17H21F3O5/c1-9(17(18,19)20)16(22)23-7-14(21)24-8-25-15-12-3-10-2-11(5-12)6-13(15)4-10/h10-13,15H,1-8H2. The number of rotatable bonds is 6. The molecule has 140 valence electrons. The lowest BCUT2D eigenvalue weighted by atomic mass is 9.55. The first-order valence-electron chi connectivity index (χ1n) is 8.44. The predicted molar refractivity (Wildman–Crippen MR) is 79.0 cm³/mol. The molecule has 0 unspecified atom stereocenters. The second-order valence-electron chi connectivity index (χ2n) is 7.25. The monoisotopic (exact) mass is 362 g/mol. The van der Waals surface area contributed by atoms with Crippen LogP contribution in [0.1, 0.15) is 32.1 Å². The van der Waals surface area contributed by atoms with E-state index in [1.807, 2.05) is 0 Å². The van der Waals surface area contributed by atoms with Gasteiger partial charge in [-0.05, 0) is 55.8 Å². The zero-order chi connectivity index (χ0) is 18.2. The van der Waals surface area contributed by atoms with Crippen LogP contribution >= 0.6 is 0 Å². The highest BCUT2D eigenvalue weighted by molar-refractivity contribution is 5.90. The summed E-state index contributed by atoms with van der Waals surface area (Å²) in [7, 11) is 0. The quantitative estimate of drug-likeness (QED) is 0.413. The third-order valence-corrected chi connectivity index (χ3v) is 5.53. The maximum atomic E-state index is 12.2. The van der Waals surface area contributed by atoms with Gasteiger partial charge in [0.2, 0.25) is 0 Å². The summed E-state index contributed by atoms with van der Waals surface area (Å²) in [6.07, 6.45) is 1.14. The van der Waals surface area contributed by atoms with Crippen molar-refractivity contribution < 1.29 is 37.0 Å². The van der Waals surface area contributed by atoms with Gasteiger partial charge in [0, 0.05) is 0 Å². The van der Waals surface area contributed by atoms with Gasteiger partial charge in [0.1, 0.15) is 5.57 Å². The van der Waals surface area contributed by atoms with Crippen molar-refractivity contribution in [3.63, 3.8) is 0 Å². The molecule has 5 nitrogen and oxygen atoms in total. The SMILES string of the molecule is C=C(C(=O)OCC(=O)OCOC1C2CC3CC(C2)CC1C3)C(F)(F)F. The smallest absolute Gasteiger partial charge is 0.422 e. The molecule has 4 saturated carbocycles. The van der Waals surface area contributed by atoms with Crippen LogP contribution in [0.15, 0.2) is 12.2 Å². The van der Waals surface area contributed by atoms with E-state index in [0.717, 1.165) is 37.5 Å². The highest BCUT2D eigenvalue weighted by Gasteiger charge is 2.48. The molecule has 4 bridgehead atoms. The first-order chi connectivity index (χ1) is 11.7. The van der Waals surface area contributed by atoms with Crippen molar-refractivity contribution in [3.05, 3.63) is 12.2 Å². The molecule has 8 heteroatoms. The summed E-state index contributed by atoms with van der Waals surface area (Å²) >= 11 is 0. The van der Waals surface area contributed by atoms with Crippen LogP contribution in [-0.4, -0.2) is 37.6 Å². The Balaban J connectivity index is 1.36. The average molecular weight is 362 g/mol. The molecule has 25 heavy (non-hydrogen) atoms. The molecule has 4 rings (SSSR count). The Kier molecular flexibility index (Phi) is 5.09. The lowest BCUT2D eigenvalue weighted by Gasteiger charge is -2.53. The van der Waals surface area contributed by atoms with E-state index in [0.29, 0.717) is 11.8 Å². The molecule has 0 aromatic heterocycles. The first kappa shape index (κ1) is 18.2. The Labute approximate surface area is 143 Å². The maximum Gasteiger partial charge on any atom is 0.422 e. The Morgan fingerprint density at radius 1 is 0.960 bits per heavy atom. The summed E-state index contributed by atoms with van der Waals surface area (Å²) in [5.74, 6) is -0.0404. The van der Waals surface area contributed by atoms with E-state index in [4.69, 9.17) is 9.47 Å². The molecule has 0 amide bonds. The van der Waals surface area contributed by atoms with Gasteiger partial charge in [-0.25, -0.2) is 9.59 Å². The minimum absolute atomic E-state index is 0.0770. The number of hydrogen-bond donors (Lipinski definition) is 0. The first-order valence-corrected chi connectivity index (χ1v) is 8.44. The van der Waals surface area contributed by atoms with E-state index in [1.54, 1.807) is 0 Å². The Hall–Kier alpha value is -1.57. The molecular formula is C17H21F3O5. The van der Waals surface area contributed by atoms with E-state index in [9.17, 15) is 22.8 Å². The second-order valence-corrected chi connectivity index (χ2v) is 7.25. The molecule has 0 aromatic carbocycles. The number of hydrogen-bond acceptors (Lipinski definition) is 5. The molecule has 0 atom stereocenters. The van der Waals surface area contributed by atoms with Crippen LogP contribution < -0.4 is 0 Å². The normalized spacial score (nSPS) is 33.2. The van der Waals surface area contributed by atoms with Crippen LogP contribution in [-0.2, 0) is 23.8 Å². The van der Waals surface area contributed by atoms with Gasteiger partial charge in [0.15, 0.2) is 13.4 Å². The zero-order valence-corrected chi connectivity index (χ0v) is 13.7. The van der Waals surface area contributed by atoms with Crippen molar-refractivity contribution in [2.75, 3.05) is 13.4 Å². The van der Waals surface area contributed by atoms with Crippen molar-refractivity contribution >= 4 is 11.9 Å². The molecule has 0 saturated heterocycles. The topological polar surface area (TPSA) is 61.8 Å². The van der Waals surface area contributed by atoms with Gasteiger partial charge in [0.25, 0.3) is 0 Å². The second kappa shape index (κ2) is 6.97. The number of esters is 2. The van der Waals surface area contributed by atoms with Crippen molar-refractivity contribution in [1.82, 2.24) is 0 Å². The lowest BCUT2D eigenvalue weighted by molar-refractivity contribution is -0.190. The van der Waals surface area contributed by atoms with Gasteiger partial charge >= 0.3 is 18.1 Å². The number of ether oxygens (including phenoxy) is 3. The van der Waals surface area contributed by atoms with Crippen LogP contribution in [0.4, 0.5) is 13.2 Å². The summed E-state index contributed by atoms with van der Waals surface area (Å²) in [4.78, 5) is 22.6. The molecule has 0 aliphatic heterocycles. The average Bonchev–Trinajstić information content (AvgIpc) is 2.53. The molecule has 0 N–H and O–H groups in total. The molecule has 0 heterocycles. The third-order valence-electron chi connectivity index (χ3n) is 5.53. The summed E-state index contributed by atoms with van der Waals surface area (Å²) in [6, 6.07) is 0. The van der Waals surface area contributed by atoms with Gasteiger partial charge in [-0.3, -0.25) is 0 Å². The fourth-order valence-corrected chi connectivity index (χ4v) is 4.69. The van der Waals surface area contributed by atoms with E-state index in [2.05, 4.69) is 11.3 Å². The van der Waals surface area contributed by atoms with Gasteiger partial charge < -0.3 is 14.2 Å². The molecule has 0 radical (unpaired) electrons. The summed E-state index contributed by atoms with van der Waals surface area (Å²) in [5.41, 5.74) is -1.66. The zero-order valence-electron chi connectivity index (χ0n) is 13.7. The van der Waals surface area contributed by atoms with Crippen LogP contribution in [0, 0.1) is 23.7 Å². The van der Waals surface area contributed by atoms with E-state index < -0.39 is 30.3 Å². The lowest BCUT2D eigenvalue weighted by Crippen LogP contribution is -2.49. The van der Waals surface area contributed by atoms with E-state index in [-0.39, 0.29) is 12.9 Å². The molecular weight excluding hydrogens is 341 g/mol. The number of carbonyl (C=O) groups is 2. The van der Waals surface area contributed by atoms with Gasteiger partial charge in [0.05, 0.1) is 6.10 Å². The molecule has 4 fully saturated rings. The maximum absolute atomic E-state index is 12.2. The molecule has 0 aromatic rings. The third kappa shape index (κ3) is 4.16. The van der Waals surface area contributed by atoms with Crippen LogP contribution in [0.5, 0.6) is 0 Å². The van der Waals surface area contributed by atoms with Crippen molar-refractivity contribution in [3.8, 4) is 0 Å². The predicted octanol–water partition coefficient (Wildman–Crippen LogP) is 2.99. The Morgan fingerprint density at radius 2 is 1.52 bits per heavy atom. The van der Waals surface area contributed by atoms with Gasteiger partial charge in [-0.15, -0.1) is 0 Å². The van der Waals surface area contributed by atoms with Crippen molar-refractivity contribution in [2.45, 2.75) is 44.4 Å². The highest BCUT2D eigenvalue weighted by Crippen LogP contribution is 2.54. The van der Waals surface area contributed by atoms with Crippen LogP contribution in [0.2, 0.25) is 0 Å². The van der Waals surface area contributed by atoms with Crippen molar-refractivity contribution in [1.29, 1.82) is 0 Å². The van der Waals surface area contributed by atoms with E-state index in [1.165, 1.54) is 6.42 Å². The molecule has 4 aliphatic rings. The number of halogens is 3. The fourth-order valence-electron chi connectivity index (χ4n) is 4.69. The van der Waals surface area contributed by atoms with Crippen LogP contribution in [0.3, 0.4) is 0 Å². The highest BCUT2D eigenvalue weighted by atomic mass is 19.4. The van der Waals surface area contributed by atoms with Gasteiger partial charge in [-0.2, -0.15) is 13.2 Å². The number of carbonyl (C=O) groups excluding carboxylic acids is 2. The largest absolute Gasteiger partial charge is 0.450 e. The Bertz CT molecular complexity index is 529. The minimum Gasteiger partial charge on any atom is -0.450 e. The summed E-state index contributed by atoms with van der Waals surface area (Å²) in [6.45, 7) is 1.41. The molecule has 4 aliphatic carbocycles. The van der Waals surface area contributed by atoms with Crippen LogP contribution in [0.25, 0.3) is 0 Å². The van der Waals surface area contributed by atoms with Gasteiger partial charge in [-0.1, -0.05) is 6.58 Å². The number of alkyl halides is 3. The summed E-state index contributed by atoms with van der Waals surface area (Å²) in [5, 5.41) is 0. The minimum atomic E-state index is -4.89. The fraction of sp³-hybridized carbons (Fsp3) is 0.765. The Morgan fingerprint density at radius 3 is 2.04 bits per heavy atom. The molecule has 0 spiro atoms. The van der Waals surface area contributed by atoms with E-state index >= 15 is 0 Å². The summed E-state index contributed by atoms with van der Waals surface area (Å²) < 4.78 is 51.5.